The van der Waals surface area contributed by atoms with E-state index in [-0.39, 0.29) is 13.0 Å². The molecule has 1 amide bonds. The monoisotopic (exact) mass is 358 g/mol. The lowest BCUT2D eigenvalue weighted by molar-refractivity contribution is -0.483. The number of ether oxygens (including phenoxy) is 2. The molecule has 0 radical (unpaired) electrons. The molecule has 0 fully saturated rings. The number of nitrogens with one attached hydrogen (secondary N) is 1. The number of amides is 1. The van der Waals surface area contributed by atoms with Gasteiger partial charge in [0.15, 0.2) is 0 Å². The van der Waals surface area contributed by atoms with Crippen molar-refractivity contribution in [2.24, 2.45) is 0 Å². The Morgan fingerprint density at radius 1 is 1.42 bits per heavy atom. The van der Waals surface area contributed by atoms with Gasteiger partial charge in [0.1, 0.15) is 5.60 Å². The van der Waals surface area contributed by atoms with Crippen LogP contribution in [0.5, 0.6) is 0 Å². The van der Waals surface area contributed by atoms with Gasteiger partial charge in [0.05, 0.1) is 24.6 Å². The van der Waals surface area contributed by atoms with Gasteiger partial charge in [-0.3, -0.25) is 20.2 Å². The minimum atomic E-state index is -0.677. The zero-order valence-electron chi connectivity index (χ0n) is 14.2. The first-order valence-corrected chi connectivity index (χ1v) is 8.35. The quantitative estimate of drug-likeness (QED) is 0.454. The van der Waals surface area contributed by atoms with E-state index in [0.717, 1.165) is 0 Å². The van der Waals surface area contributed by atoms with E-state index in [2.05, 4.69) is 5.32 Å². The Labute approximate surface area is 144 Å². The summed E-state index contributed by atoms with van der Waals surface area (Å²) < 4.78 is 10.0. The van der Waals surface area contributed by atoms with Crippen LogP contribution in [0.2, 0.25) is 0 Å². The third kappa shape index (κ3) is 6.95. The van der Waals surface area contributed by atoms with Gasteiger partial charge in [0.2, 0.25) is 6.54 Å². The molecular formula is C15H22N2O6S. The zero-order chi connectivity index (χ0) is 18.3. The molecule has 0 aromatic carbocycles. The summed E-state index contributed by atoms with van der Waals surface area (Å²) in [5, 5.41) is 15.2. The van der Waals surface area contributed by atoms with Crippen LogP contribution in [0.1, 0.15) is 44.9 Å². The van der Waals surface area contributed by atoms with Crippen molar-refractivity contribution < 1.29 is 24.0 Å². The standard InChI is InChI=1S/C15H22N2O6S/c1-5-22-12(18)8-10(9-17(20)21)13-11(6-7-24-13)16-14(19)23-15(2,3)4/h6-7,10H,5,8-9H2,1-4H3,(H,16,19). The lowest BCUT2D eigenvalue weighted by Gasteiger charge is -2.20. The number of hydrogen-bond acceptors (Lipinski definition) is 7. The highest BCUT2D eigenvalue weighted by molar-refractivity contribution is 7.10. The molecule has 8 nitrogen and oxygen atoms in total. The van der Waals surface area contributed by atoms with Crippen LogP contribution in [0.15, 0.2) is 11.4 Å². The second kappa shape index (κ2) is 8.62. The lowest BCUT2D eigenvalue weighted by atomic mass is 10.0. The van der Waals surface area contributed by atoms with E-state index in [9.17, 15) is 19.7 Å². The number of esters is 1. The number of anilines is 1. The number of hydrogen-bond donors (Lipinski definition) is 1. The molecule has 1 rings (SSSR count). The van der Waals surface area contributed by atoms with E-state index >= 15 is 0 Å². The Kier molecular flexibility index (Phi) is 7.15. The third-order valence-corrected chi connectivity index (χ3v) is 3.87. The summed E-state index contributed by atoms with van der Waals surface area (Å²) in [5.74, 6) is -1.19. The molecule has 0 aliphatic heterocycles. The Balaban J connectivity index is 2.91. The number of carbonyl (C=O) groups excluding carboxylic acids is 2. The van der Waals surface area contributed by atoms with E-state index < -0.39 is 35.0 Å². The van der Waals surface area contributed by atoms with Gasteiger partial charge in [-0.1, -0.05) is 0 Å². The molecule has 1 atom stereocenters. The maximum absolute atomic E-state index is 11.9. The number of carbonyl (C=O) groups is 2. The van der Waals surface area contributed by atoms with Crippen LogP contribution in [0, 0.1) is 10.1 Å². The fourth-order valence-electron chi connectivity index (χ4n) is 2.00. The van der Waals surface area contributed by atoms with E-state index in [1.54, 1.807) is 39.1 Å². The minimum absolute atomic E-state index is 0.127. The minimum Gasteiger partial charge on any atom is -0.466 e. The van der Waals surface area contributed by atoms with Crippen molar-refractivity contribution in [2.45, 2.75) is 45.6 Å². The molecule has 0 aliphatic carbocycles. The van der Waals surface area contributed by atoms with Gasteiger partial charge in [-0.2, -0.15) is 0 Å². The average Bonchev–Trinajstić information content (AvgIpc) is 2.83. The molecular weight excluding hydrogens is 336 g/mol. The van der Waals surface area contributed by atoms with Crippen LogP contribution in [0.25, 0.3) is 0 Å². The number of nitro groups is 1. The topological polar surface area (TPSA) is 108 Å². The Hall–Kier alpha value is -2.16. The fourth-order valence-corrected chi connectivity index (χ4v) is 2.94. The summed E-state index contributed by atoms with van der Waals surface area (Å²) in [6.07, 6.45) is -0.781. The van der Waals surface area contributed by atoms with Crippen molar-refractivity contribution in [2.75, 3.05) is 18.5 Å². The van der Waals surface area contributed by atoms with Gasteiger partial charge in [-0.05, 0) is 39.1 Å². The molecule has 1 aromatic rings. The third-order valence-electron chi connectivity index (χ3n) is 2.79. The number of rotatable bonds is 7. The number of thiophene rings is 1. The highest BCUT2D eigenvalue weighted by Crippen LogP contribution is 2.33. The SMILES string of the molecule is CCOC(=O)CC(C[N+](=O)[O-])c1sccc1NC(=O)OC(C)(C)C. The summed E-state index contributed by atoms with van der Waals surface area (Å²) in [5.41, 5.74) is -0.253. The van der Waals surface area contributed by atoms with E-state index in [4.69, 9.17) is 9.47 Å². The second-order valence-electron chi connectivity index (χ2n) is 6.05. The van der Waals surface area contributed by atoms with Crippen LogP contribution < -0.4 is 5.32 Å². The first-order valence-electron chi connectivity index (χ1n) is 7.47. The summed E-state index contributed by atoms with van der Waals surface area (Å²) in [6.45, 7) is 6.65. The van der Waals surface area contributed by atoms with Crippen molar-refractivity contribution in [3.8, 4) is 0 Å². The van der Waals surface area contributed by atoms with Crippen LogP contribution in [0.3, 0.4) is 0 Å². The lowest BCUT2D eigenvalue weighted by Crippen LogP contribution is -2.27. The molecule has 1 aromatic heterocycles. The highest BCUT2D eigenvalue weighted by Gasteiger charge is 2.27. The Bertz CT molecular complexity index is 593. The Morgan fingerprint density at radius 3 is 2.62 bits per heavy atom. The summed E-state index contributed by atoms with van der Waals surface area (Å²) in [4.78, 5) is 34.6. The normalized spacial score (nSPS) is 12.3. The van der Waals surface area contributed by atoms with Gasteiger partial charge < -0.3 is 9.47 Å². The first-order chi connectivity index (χ1) is 11.1. The van der Waals surface area contributed by atoms with Gasteiger partial charge in [-0.15, -0.1) is 11.3 Å². The summed E-state index contributed by atoms with van der Waals surface area (Å²) in [6, 6.07) is 1.63. The second-order valence-corrected chi connectivity index (χ2v) is 6.99. The molecule has 9 heteroatoms. The van der Waals surface area contributed by atoms with Crippen LogP contribution in [-0.2, 0) is 14.3 Å². The summed E-state index contributed by atoms with van der Waals surface area (Å²) in [7, 11) is 0. The average molecular weight is 358 g/mol. The largest absolute Gasteiger partial charge is 0.466 e. The van der Waals surface area contributed by atoms with Crippen molar-refractivity contribution in [3.05, 3.63) is 26.4 Å². The molecule has 0 spiro atoms. The van der Waals surface area contributed by atoms with Crippen LogP contribution in [-0.4, -0.2) is 35.7 Å². The maximum atomic E-state index is 11.9. The molecule has 1 N–H and O–H groups in total. The van der Waals surface area contributed by atoms with Crippen molar-refractivity contribution >= 4 is 29.1 Å². The smallest absolute Gasteiger partial charge is 0.412 e. The van der Waals surface area contributed by atoms with E-state index in [1.807, 2.05) is 0 Å². The van der Waals surface area contributed by atoms with E-state index in [0.29, 0.717) is 10.6 Å². The highest BCUT2D eigenvalue weighted by atomic mass is 32.1. The molecule has 1 heterocycles. The number of nitrogens with zero attached hydrogens (tertiary/aromatic N) is 1. The molecule has 0 saturated heterocycles. The van der Waals surface area contributed by atoms with Gasteiger partial charge in [-0.25, -0.2) is 4.79 Å². The van der Waals surface area contributed by atoms with Crippen LogP contribution >= 0.6 is 11.3 Å². The molecule has 24 heavy (non-hydrogen) atoms. The van der Waals surface area contributed by atoms with E-state index in [1.165, 1.54) is 11.3 Å². The van der Waals surface area contributed by atoms with Gasteiger partial charge in [0.25, 0.3) is 0 Å². The Morgan fingerprint density at radius 2 is 2.08 bits per heavy atom. The predicted octanol–water partition coefficient (Wildman–Crippen LogP) is 3.41. The zero-order valence-corrected chi connectivity index (χ0v) is 15.0. The fraction of sp³-hybridized carbons (Fsp3) is 0.600. The predicted molar refractivity (Wildman–Crippen MR) is 90.0 cm³/mol. The first kappa shape index (κ1) is 19.9. The van der Waals surface area contributed by atoms with Crippen molar-refractivity contribution in [1.29, 1.82) is 0 Å². The molecule has 0 aliphatic rings. The molecule has 134 valence electrons. The van der Waals surface area contributed by atoms with Gasteiger partial charge in [0, 0.05) is 9.80 Å². The molecule has 1 unspecified atom stereocenters. The van der Waals surface area contributed by atoms with Crippen molar-refractivity contribution in [3.63, 3.8) is 0 Å². The van der Waals surface area contributed by atoms with Crippen molar-refractivity contribution in [1.82, 2.24) is 0 Å². The summed E-state index contributed by atoms with van der Waals surface area (Å²) >= 11 is 1.24. The van der Waals surface area contributed by atoms with Gasteiger partial charge >= 0.3 is 12.1 Å². The van der Waals surface area contributed by atoms with Crippen LogP contribution in [0.4, 0.5) is 10.5 Å². The molecule has 0 bridgehead atoms. The maximum Gasteiger partial charge on any atom is 0.412 e. The molecule has 0 saturated carbocycles.